The largest absolute Gasteiger partial charge is 0.489 e. The molecule has 1 heterocycles. The van der Waals surface area contributed by atoms with E-state index in [1.165, 1.54) is 12.1 Å². The lowest BCUT2D eigenvalue weighted by atomic mass is 10.2. The van der Waals surface area contributed by atoms with Gasteiger partial charge in [0.15, 0.2) is 5.58 Å². The van der Waals surface area contributed by atoms with E-state index in [1.54, 1.807) is 48.5 Å². The van der Waals surface area contributed by atoms with Crippen LogP contribution in [0.15, 0.2) is 101 Å². The Balaban J connectivity index is 1.30. The molecule has 5 nitrogen and oxygen atoms in total. The average molecular weight is 438 g/mol. The maximum Gasteiger partial charge on any atom is 0.255 e. The number of ether oxygens (including phenoxy) is 1. The Labute approximate surface area is 189 Å². The Morgan fingerprint density at radius 1 is 0.909 bits per heavy atom. The highest BCUT2D eigenvalue weighted by molar-refractivity contribution is 6.05. The number of hydrogen-bond donors (Lipinski definition) is 1. The fraction of sp³-hybridized carbons (Fsp3) is 0.0370. The molecule has 1 amide bonds. The number of carbonyl (C=O) groups excluding carboxylic acids is 1. The van der Waals surface area contributed by atoms with Crippen LogP contribution in [0.2, 0.25) is 0 Å². The van der Waals surface area contributed by atoms with Crippen molar-refractivity contribution in [2.24, 2.45) is 0 Å². The number of amides is 1. The van der Waals surface area contributed by atoms with Crippen molar-refractivity contribution in [3.63, 3.8) is 0 Å². The highest BCUT2D eigenvalue weighted by Crippen LogP contribution is 2.27. The zero-order chi connectivity index (χ0) is 22.6. The SMILES string of the molecule is O=C(Nc1ccc2oc(-c3ccc(F)cc3)nc2c1)c1cccc(OCc2ccccc2)c1. The van der Waals surface area contributed by atoms with Crippen molar-refractivity contribution in [1.82, 2.24) is 4.98 Å². The van der Waals surface area contributed by atoms with Crippen molar-refractivity contribution in [2.45, 2.75) is 6.61 Å². The molecule has 0 bridgehead atoms. The Morgan fingerprint density at radius 3 is 2.55 bits per heavy atom. The Bertz CT molecular complexity index is 1410. The highest BCUT2D eigenvalue weighted by atomic mass is 19.1. The Kier molecular flexibility index (Phi) is 5.55. The van der Waals surface area contributed by atoms with E-state index in [4.69, 9.17) is 9.15 Å². The molecule has 4 aromatic carbocycles. The molecular weight excluding hydrogens is 419 g/mol. The third-order valence-corrected chi connectivity index (χ3v) is 5.08. The van der Waals surface area contributed by atoms with Crippen LogP contribution in [-0.2, 0) is 6.61 Å². The molecule has 0 aliphatic rings. The molecule has 6 heteroatoms. The van der Waals surface area contributed by atoms with E-state index in [9.17, 15) is 9.18 Å². The molecular formula is C27H19FN2O3. The van der Waals surface area contributed by atoms with Crippen molar-refractivity contribution in [2.75, 3.05) is 5.32 Å². The zero-order valence-corrected chi connectivity index (χ0v) is 17.5. The monoisotopic (exact) mass is 438 g/mol. The molecule has 0 saturated heterocycles. The zero-order valence-electron chi connectivity index (χ0n) is 17.5. The van der Waals surface area contributed by atoms with Gasteiger partial charge in [0, 0.05) is 16.8 Å². The molecule has 0 radical (unpaired) electrons. The number of rotatable bonds is 6. The maximum absolute atomic E-state index is 13.2. The van der Waals surface area contributed by atoms with E-state index in [0.29, 0.717) is 46.2 Å². The van der Waals surface area contributed by atoms with E-state index in [0.717, 1.165) is 5.56 Å². The van der Waals surface area contributed by atoms with Gasteiger partial charge in [0.2, 0.25) is 5.89 Å². The summed E-state index contributed by atoms with van der Waals surface area (Å²) in [6, 6.07) is 28.0. The van der Waals surface area contributed by atoms with Gasteiger partial charge in [0.25, 0.3) is 5.91 Å². The van der Waals surface area contributed by atoms with Gasteiger partial charge in [-0.05, 0) is 66.2 Å². The number of hydrogen-bond acceptors (Lipinski definition) is 4. The first kappa shape index (κ1) is 20.5. The van der Waals surface area contributed by atoms with Crippen LogP contribution >= 0.6 is 0 Å². The molecule has 0 aliphatic heterocycles. The number of carbonyl (C=O) groups is 1. The number of halogens is 1. The van der Waals surface area contributed by atoms with Crippen LogP contribution in [0.3, 0.4) is 0 Å². The normalized spacial score (nSPS) is 10.8. The van der Waals surface area contributed by atoms with E-state index in [1.807, 2.05) is 36.4 Å². The molecule has 0 aliphatic carbocycles. The van der Waals surface area contributed by atoms with E-state index >= 15 is 0 Å². The van der Waals surface area contributed by atoms with Gasteiger partial charge in [-0.3, -0.25) is 4.79 Å². The minimum Gasteiger partial charge on any atom is -0.489 e. The molecule has 0 spiro atoms. The van der Waals surface area contributed by atoms with Crippen LogP contribution in [0.25, 0.3) is 22.6 Å². The summed E-state index contributed by atoms with van der Waals surface area (Å²) in [4.78, 5) is 17.2. The van der Waals surface area contributed by atoms with Crippen LogP contribution in [0.1, 0.15) is 15.9 Å². The molecule has 0 unspecified atom stereocenters. The molecule has 0 saturated carbocycles. The fourth-order valence-electron chi connectivity index (χ4n) is 3.39. The lowest BCUT2D eigenvalue weighted by Gasteiger charge is -2.09. The summed E-state index contributed by atoms with van der Waals surface area (Å²) in [5.74, 6) is 0.412. The minimum absolute atomic E-state index is 0.262. The summed E-state index contributed by atoms with van der Waals surface area (Å²) in [5, 5.41) is 2.88. The number of anilines is 1. The molecule has 162 valence electrons. The number of benzene rings is 4. The average Bonchev–Trinajstić information content (AvgIpc) is 3.27. The second-order valence-corrected chi connectivity index (χ2v) is 7.46. The number of fused-ring (bicyclic) bond motifs is 1. The molecule has 1 N–H and O–H groups in total. The summed E-state index contributed by atoms with van der Waals surface area (Å²) in [7, 11) is 0. The quantitative estimate of drug-likeness (QED) is 0.330. The van der Waals surface area contributed by atoms with Gasteiger partial charge in [-0.2, -0.15) is 0 Å². The maximum atomic E-state index is 13.2. The van der Waals surface area contributed by atoms with Gasteiger partial charge >= 0.3 is 0 Å². The van der Waals surface area contributed by atoms with Crippen molar-refractivity contribution in [3.05, 3.63) is 114 Å². The van der Waals surface area contributed by atoms with Crippen LogP contribution in [-0.4, -0.2) is 10.9 Å². The summed E-state index contributed by atoms with van der Waals surface area (Å²) >= 11 is 0. The smallest absolute Gasteiger partial charge is 0.255 e. The van der Waals surface area contributed by atoms with Crippen LogP contribution in [0.5, 0.6) is 5.75 Å². The van der Waals surface area contributed by atoms with Gasteiger partial charge in [0.05, 0.1) is 0 Å². The number of nitrogens with one attached hydrogen (secondary N) is 1. The molecule has 33 heavy (non-hydrogen) atoms. The Hall–Kier alpha value is -4.45. The van der Waals surface area contributed by atoms with Crippen LogP contribution in [0, 0.1) is 5.82 Å². The summed E-state index contributed by atoms with van der Waals surface area (Å²) in [6.45, 7) is 0.422. The first-order valence-corrected chi connectivity index (χ1v) is 10.4. The summed E-state index contributed by atoms with van der Waals surface area (Å²) < 4.78 is 24.7. The highest BCUT2D eigenvalue weighted by Gasteiger charge is 2.12. The van der Waals surface area contributed by atoms with Gasteiger partial charge in [0.1, 0.15) is 23.7 Å². The molecule has 1 aromatic heterocycles. The van der Waals surface area contributed by atoms with Crippen molar-refractivity contribution >= 4 is 22.7 Å². The molecule has 5 aromatic rings. The lowest BCUT2D eigenvalue weighted by molar-refractivity contribution is 0.102. The summed E-state index contributed by atoms with van der Waals surface area (Å²) in [5.41, 5.74) is 3.95. The van der Waals surface area contributed by atoms with Gasteiger partial charge < -0.3 is 14.5 Å². The van der Waals surface area contributed by atoms with Gasteiger partial charge in [-0.25, -0.2) is 9.37 Å². The third-order valence-electron chi connectivity index (χ3n) is 5.08. The molecule has 5 rings (SSSR count). The second-order valence-electron chi connectivity index (χ2n) is 7.46. The van der Waals surface area contributed by atoms with E-state index in [-0.39, 0.29) is 11.7 Å². The van der Waals surface area contributed by atoms with E-state index in [2.05, 4.69) is 10.3 Å². The second kappa shape index (κ2) is 8.96. The third kappa shape index (κ3) is 4.75. The number of oxazole rings is 1. The predicted octanol–water partition coefficient (Wildman–Crippen LogP) is 6.47. The first-order chi connectivity index (χ1) is 16.1. The van der Waals surface area contributed by atoms with Crippen LogP contribution < -0.4 is 10.1 Å². The molecule has 0 atom stereocenters. The first-order valence-electron chi connectivity index (χ1n) is 10.4. The fourth-order valence-corrected chi connectivity index (χ4v) is 3.39. The predicted molar refractivity (Wildman–Crippen MR) is 125 cm³/mol. The summed E-state index contributed by atoms with van der Waals surface area (Å²) in [6.07, 6.45) is 0. The topological polar surface area (TPSA) is 64.4 Å². The Morgan fingerprint density at radius 2 is 1.73 bits per heavy atom. The van der Waals surface area contributed by atoms with Crippen molar-refractivity contribution in [1.29, 1.82) is 0 Å². The number of nitrogens with zero attached hydrogens (tertiary/aromatic N) is 1. The van der Waals surface area contributed by atoms with Crippen molar-refractivity contribution < 1.29 is 18.3 Å². The van der Waals surface area contributed by atoms with Gasteiger partial charge in [-0.15, -0.1) is 0 Å². The number of aromatic nitrogens is 1. The molecule has 0 fully saturated rings. The standard InChI is InChI=1S/C27H19FN2O3/c28-21-11-9-19(10-12-21)27-30-24-16-22(13-14-25(24)33-27)29-26(31)20-7-4-8-23(15-20)32-17-18-5-2-1-3-6-18/h1-16H,17H2,(H,29,31). The lowest BCUT2D eigenvalue weighted by Crippen LogP contribution is -2.12. The van der Waals surface area contributed by atoms with Crippen LogP contribution in [0.4, 0.5) is 10.1 Å². The minimum atomic E-state index is -0.325. The van der Waals surface area contributed by atoms with Gasteiger partial charge in [-0.1, -0.05) is 36.4 Å². The van der Waals surface area contributed by atoms with Crippen molar-refractivity contribution in [3.8, 4) is 17.2 Å². The van der Waals surface area contributed by atoms with E-state index < -0.39 is 0 Å².